The Morgan fingerprint density at radius 2 is 1.65 bits per heavy atom. The molecule has 0 fully saturated rings. The number of ether oxygens (including phenoxy) is 1. The molecule has 0 aliphatic carbocycles. The zero-order valence-corrected chi connectivity index (χ0v) is 29.4. The molecule has 0 N–H and O–H groups in total. The number of aryl methyl sites for hydroxylation is 1. The average Bonchev–Trinajstić information content (AvgIpc) is 3.75. The van der Waals surface area contributed by atoms with Crippen LogP contribution >= 0.6 is 0 Å². The molecule has 8 aromatic rings. The minimum atomic E-state index is -2.27. The molecule has 0 saturated carbocycles. The molecule has 0 aliphatic rings. The molecule has 0 atom stereocenters. The number of rotatable bonds is 6. The van der Waals surface area contributed by atoms with E-state index in [1.54, 1.807) is 33.7 Å². The van der Waals surface area contributed by atoms with Gasteiger partial charge in [-0.15, -0.1) is 23.6 Å². The number of hydrogen-bond donors (Lipinski definition) is 0. The first kappa shape index (κ1) is 28.7. The van der Waals surface area contributed by atoms with Crippen LogP contribution in [0.5, 0.6) is 11.5 Å². The number of imidazole rings is 1. The first-order valence-electron chi connectivity index (χ1n) is 17.2. The van der Waals surface area contributed by atoms with Crippen LogP contribution in [0, 0.1) is 25.3 Å². The molecule has 0 unspecified atom stereocenters. The van der Waals surface area contributed by atoms with Crippen LogP contribution in [0.1, 0.15) is 36.0 Å². The Kier molecular flexibility index (Phi) is 7.57. The summed E-state index contributed by atoms with van der Waals surface area (Å²) in [5, 5.41) is 2.14. The molecule has 0 bridgehead atoms. The van der Waals surface area contributed by atoms with Gasteiger partial charge in [-0.05, 0) is 76.6 Å². The van der Waals surface area contributed by atoms with Gasteiger partial charge >= 0.3 is 0 Å². The van der Waals surface area contributed by atoms with Gasteiger partial charge in [-0.3, -0.25) is 4.57 Å². The second-order valence-corrected chi connectivity index (χ2v) is 12.7. The van der Waals surface area contributed by atoms with E-state index >= 15 is 0 Å². The minimum Gasteiger partial charge on any atom is -0.508 e. The van der Waals surface area contributed by atoms with E-state index in [0.29, 0.717) is 22.9 Å². The van der Waals surface area contributed by atoms with Crippen LogP contribution in [0.2, 0.25) is 0 Å². The van der Waals surface area contributed by atoms with Crippen molar-refractivity contribution < 1.29 is 34.5 Å². The van der Waals surface area contributed by atoms with Crippen LogP contribution in [0.15, 0.2) is 128 Å². The Morgan fingerprint density at radius 3 is 2.49 bits per heavy atom. The summed E-state index contributed by atoms with van der Waals surface area (Å²) >= 11 is 0. The molecule has 4 aromatic carbocycles. The zero-order chi connectivity index (χ0) is 35.3. The van der Waals surface area contributed by atoms with Gasteiger partial charge in [-0.2, -0.15) is 6.07 Å². The molecule has 4 heterocycles. The third-order valence-electron chi connectivity index (χ3n) is 8.40. The van der Waals surface area contributed by atoms with Crippen LogP contribution in [-0.4, -0.2) is 19.1 Å². The number of aromatic nitrogens is 5. The molecule has 49 heavy (non-hydrogen) atoms. The predicted octanol–water partition coefficient (Wildman–Crippen LogP) is 9.10. The zero-order valence-electron chi connectivity index (χ0n) is 30.1. The normalized spacial score (nSPS) is 12.7. The van der Waals surface area contributed by atoms with Crippen LogP contribution in [0.3, 0.4) is 0 Å². The summed E-state index contributed by atoms with van der Waals surface area (Å²) in [5.74, 6) is 1.73. The maximum atomic E-state index is 8.08. The van der Waals surface area contributed by atoms with Gasteiger partial charge in [0.1, 0.15) is 5.82 Å². The van der Waals surface area contributed by atoms with Crippen LogP contribution in [-0.2, 0) is 26.5 Å². The topological polar surface area (TPSA) is 48.8 Å². The van der Waals surface area contributed by atoms with Crippen LogP contribution in [0.4, 0.5) is 0 Å². The van der Waals surface area contributed by atoms with Crippen molar-refractivity contribution in [1.82, 2.24) is 19.1 Å². The number of para-hydroxylation sites is 1. The van der Waals surface area contributed by atoms with Crippen molar-refractivity contribution in [2.75, 3.05) is 0 Å². The summed E-state index contributed by atoms with van der Waals surface area (Å²) in [6.45, 7) is 4.31. The van der Waals surface area contributed by atoms with E-state index in [1.165, 1.54) is 5.56 Å². The van der Waals surface area contributed by atoms with Crippen molar-refractivity contribution in [2.45, 2.75) is 33.0 Å². The standard InChI is InChI=1S/C42H33N5O.Pt/c1-29-20-31(30-10-6-5-7-11-30)22-33(21-29)45-18-19-46(28-45)34-24-36(27-43-26-34)48-35-14-15-38-37-12-8-9-13-39(37)47(40(38)25-35)41-23-32(16-17-44-41)42(2,3)4;/h5-23,26-27H,1-4H3;/q-2;/i1D3;. The summed E-state index contributed by atoms with van der Waals surface area (Å²) in [6.07, 6.45) is 12.0. The number of pyridine rings is 2. The van der Waals surface area contributed by atoms with Crippen molar-refractivity contribution >= 4 is 21.8 Å². The summed E-state index contributed by atoms with van der Waals surface area (Å²) < 4.78 is 36.2. The van der Waals surface area contributed by atoms with Gasteiger partial charge in [0.05, 0.1) is 5.69 Å². The summed E-state index contributed by atoms with van der Waals surface area (Å²) in [5.41, 5.74) is 6.29. The Bertz CT molecular complexity index is 2550. The maximum Gasteiger partial charge on any atom is 0.267 e. The van der Waals surface area contributed by atoms with Crippen molar-refractivity contribution in [2.24, 2.45) is 0 Å². The molecule has 4 aromatic heterocycles. The Hall–Kier alpha value is -5.32. The first-order chi connectivity index (χ1) is 24.5. The third-order valence-corrected chi connectivity index (χ3v) is 8.40. The number of fused-ring (bicyclic) bond motifs is 3. The second kappa shape index (κ2) is 12.9. The Labute approximate surface area is 304 Å². The van der Waals surface area contributed by atoms with E-state index in [4.69, 9.17) is 13.8 Å². The summed E-state index contributed by atoms with van der Waals surface area (Å²) in [7, 11) is 0. The van der Waals surface area contributed by atoms with Gasteiger partial charge in [0, 0.05) is 60.8 Å². The smallest absolute Gasteiger partial charge is 0.267 e. The van der Waals surface area contributed by atoms with E-state index in [9.17, 15) is 0 Å². The second-order valence-electron chi connectivity index (χ2n) is 12.7. The molecule has 6 nitrogen and oxygen atoms in total. The van der Waals surface area contributed by atoms with Gasteiger partial charge in [-0.25, -0.2) is 4.98 Å². The van der Waals surface area contributed by atoms with Gasteiger partial charge in [0.15, 0.2) is 0 Å². The molecule has 0 amide bonds. The molecule has 0 spiro atoms. The predicted molar refractivity (Wildman–Crippen MR) is 189 cm³/mol. The number of nitrogens with zero attached hydrogens (tertiary/aromatic N) is 5. The fraction of sp³-hybridized carbons (Fsp3) is 0.119. The molecule has 0 aliphatic heterocycles. The van der Waals surface area contributed by atoms with Gasteiger partial charge in [0.2, 0.25) is 0 Å². The molecular weight excluding hydrogens is 786 g/mol. The minimum absolute atomic E-state index is 0. The molecular formula is C42H33N5OPt-2. The van der Waals surface area contributed by atoms with Gasteiger partial charge in [-0.1, -0.05) is 92.6 Å². The van der Waals surface area contributed by atoms with Gasteiger partial charge in [0.25, 0.3) is 6.33 Å². The summed E-state index contributed by atoms with van der Waals surface area (Å²) in [6, 6.07) is 38.3. The average molecular weight is 822 g/mol. The molecule has 244 valence electrons. The van der Waals surface area contributed by atoms with Gasteiger partial charge < -0.3 is 18.9 Å². The maximum absolute atomic E-state index is 8.08. The van der Waals surface area contributed by atoms with E-state index in [0.717, 1.165) is 38.8 Å². The summed E-state index contributed by atoms with van der Waals surface area (Å²) in [4.78, 5) is 9.19. The first-order valence-corrected chi connectivity index (χ1v) is 15.7. The molecule has 0 saturated heterocycles. The molecule has 7 heteroatoms. The van der Waals surface area contributed by atoms with E-state index in [-0.39, 0.29) is 32.0 Å². The molecule has 8 rings (SSSR count). The van der Waals surface area contributed by atoms with Crippen LogP contribution < -0.4 is 9.30 Å². The van der Waals surface area contributed by atoms with Crippen molar-refractivity contribution in [1.29, 1.82) is 0 Å². The largest absolute Gasteiger partial charge is 0.508 e. The third kappa shape index (κ3) is 6.32. The van der Waals surface area contributed by atoms with Crippen molar-refractivity contribution in [3.63, 3.8) is 0 Å². The number of benzene rings is 4. The van der Waals surface area contributed by atoms with E-state index in [1.807, 2.05) is 79.3 Å². The van der Waals surface area contributed by atoms with Crippen LogP contribution in [0.25, 0.3) is 50.1 Å². The monoisotopic (exact) mass is 821 g/mol. The van der Waals surface area contributed by atoms with E-state index in [2.05, 4.69) is 73.0 Å². The Balaban J connectivity index is 0.00000420. The van der Waals surface area contributed by atoms with Crippen molar-refractivity contribution in [3.8, 4) is 39.8 Å². The fourth-order valence-electron chi connectivity index (χ4n) is 5.98. The van der Waals surface area contributed by atoms with Crippen molar-refractivity contribution in [3.05, 3.63) is 158 Å². The fourth-order valence-corrected chi connectivity index (χ4v) is 5.98. The van der Waals surface area contributed by atoms with E-state index < -0.39 is 6.85 Å². The molecule has 0 radical (unpaired) electrons. The quantitative estimate of drug-likeness (QED) is 0.124. The Morgan fingerprint density at radius 1 is 0.816 bits per heavy atom. The SMILES string of the molecule is [2H]C([2H])([2H])c1cc(-c2ccccc2)cc(-[n+]2[c-]n(-c3[c-]c(Oc4[c-]c5c(cc4)c4ccccc4n5-c4cc(C(C)(C)C)ccn4)cnc3)cc2)c1.[Pt]. The number of hydrogen-bond acceptors (Lipinski definition) is 3.